The van der Waals surface area contributed by atoms with Crippen LogP contribution < -0.4 is 10.6 Å². The van der Waals surface area contributed by atoms with Crippen LogP contribution in [-0.4, -0.2) is 18.4 Å². The molecule has 0 atom stereocenters. The van der Waals surface area contributed by atoms with Gasteiger partial charge in [0.1, 0.15) is 6.42 Å². The highest BCUT2D eigenvalue weighted by Gasteiger charge is 2.09. The summed E-state index contributed by atoms with van der Waals surface area (Å²) in [5, 5.41) is 7.15. The highest BCUT2D eigenvalue weighted by atomic mass is 35.5. The van der Waals surface area contributed by atoms with Crippen molar-refractivity contribution >= 4 is 46.6 Å². The Balaban J connectivity index is 1.68. The Kier molecular flexibility index (Phi) is 7.56. The van der Waals surface area contributed by atoms with E-state index < -0.39 is 0 Å². The van der Waals surface area contributed by atoms with Crippen molar-refractivity contribution in [3.63, 3.8) is 0 Å². The van der Waals surface area contributed by atoms with Crippen LogP contribution in [0.25, 0.3) is 0 Å². The summed E-state index contributed by atoms with van der Waals surface area (Å²) in [7, 11) is 0. The highest BCUT2D eigenvalue weighted by Crippen LogP contribution is 2.21. The summed E-state index contributed by atoms with van der Waals surface area (Å²) in [6.07, 6.45) is 0.343. The molecule has 0 heterocycles. The predicted octanol–water partition coefficient (Wildman–Crippen LogP) is 4.01. The summed E-state index contributed by atoms with van der Waals surface area (Å²) in [6.45, 7) is 0.744. The summed E-state index contributed by atoms with van der Waals surface area (Å²) in [5.74, 6) is -0.671. The molecule has 4 nitrogen and oxygen atoms in total. The maximum Gasteiger partial charge on any atom is 0.229 e. The van der Waals surface area contributed by atoms with E-state index in [1.165, 1.54) is 0 Å². The van der Waals surface area contributed by atoms with Crippen LogP contribution in [0, 0.1) is 0 Å². The second-order valence-electron chi connectivity index (χ2n) is 5.42. The van der Waals surface area contributed by atoms with E-state index in [1.54, 1.807) is 24.3 Å². The van der Waals surface area contributed by atoms with Gasteiger partial charge in [0.05, 0.1) is 0 Å². The second kappa shape index (κ2) is 9.66. The summed E-state index contributed by atoms with van der Waals surface area (Å²) >= 11 is 17.7. The first-order chi connectivity index (χ1) is 11.9. The van der Waals surface area contributed by atoms with Crippen LogP contribution in [0.4, 0.5) is 0 Å². The fraction of sp³-hybridized carbons (Fsp3) is 0.222. The summed E-state index contributed by atoms with van der Waals surface area (Å²) in [5.41, 5.74) is 1.80. The number of hydrogen-bond acceptors (Lipinski definition) is 2. The Hall–Kier alpha value is -1.75. The lowest BCUT2D eigenvalue weighted by Crippen LogP contribution is -2.32. The Morgan fingerprint density at radius 2 is 1.48 bits per heavy atom. The molecule has 0 radical (unpaired) electrons. The van der Waals surface area contributed by atoms with Crippen LogP contribution in [-0.2, 0) is 22.6 Å². The van der Waals surface area contributed by atoms with Crippen molar-refractivity contribution in [1.82, 2.24) is 10.6 Å². The molecule has 7 heteroatoms. The maximum absolute atomic E-state index is 11.8. The summed E-state index contributed by atoms with van der Waals surface area (Å²) < 4.78 is 0. The van der Waals surface area contributed by atoms with E-state index in [2.05, 4.69) is 10.6 Å². The van der Waals surface area contributed by atoms with Crippen molar-refractivity contribution in [3.8, 4) is 0 Å². The van der Waals surface area contributed by atoms with Gasteiger partial charge in [-0.05, 0) is 41.8 Å². The Morgan fingerprint density at radius 1 is 0.840 bits per heavy atom. The third-order valence-electron chi connectivity index (χ3n) is 3.46. The maximum atomic E-state index is 11.8. The first-order valence-electron chi connectivity index (χ1n) is 7.66. The molecule has 2 rings (SSSR count). The molecule has 2 aromatic carbocycles. The molecule has 25 heavy (non-hydrogen) atoms. The fourth-order valence-corrected chi connectivity index (χ4v) is 2.76. The third-order valence-corrected chi connectivity index (χ3v) is 4.29. The molecule has 132 valence electrons. The Bertz CT molecular complexity index is 748. The average molecular weight is 400 g/mol. The van der Waals surface area contributed by atoms with E-state index in [-0.39, 0.29) is 18.2 Å². The minimum absolute atomic E-state index is 0.220. The molecular weight excluding hydrogens is 383 g/mol. The van der Waals surface area contributed by atoms with E-state index in [4.69, 9.17) is 34.8 Å². The quantitative estimate of drug-likeness (QED) is 0.691. The number of hydrogen-bond donors (Lipinski definition) is 2. The van der Waals surface area contributed by atoms with Gasteiger partial charge in [-0.15, -0.1) is 0 Å². The molecule has 0 bridgehead atoms. The number of carbonyl (C=O) groups is 2. The second-order valence-corrected chi connectivity index (χ2v) is 6.70. The minimum Gasteiger partial charge on any atom is -0.355 e. The molecule has 0 saturated carbocycles. The average Bonchev–Trinajstić information content (AvgIpc) is 2.56. The fourth-order valence-electron chi connectivity index (χ4n) is 2.13. The van der Waals surface area contributed by atoms with Crippen LogP contribution in [0.2, 0.25) is 15.1 Å². The monoisotopic (exact) mass is 398 g/mol. The van der Waals surface area contributed by atoms with Crippen molar-refractivity contribution < 1.29 is 9.59 Å². The third kappa shape index (κ3) is 6.94. The molecule has 0 aliphatic rings. The van der Waals surface area contributed by atoms with Crippen molar-refractivity contribution in [2.45, 2.75) is 19.4 Å². The summed E-state index contributed by atoms with van der Waals surface area (Å²) in [4.78, 5) is 23.6. The first kappa shape index (κ1) is 19.6. The van der Waals surface area contributed by atoms with E-state index >= 15 is 0 Å². The van der Waals surface area contributed by atoms with Gasteiger partial charge in [-0.3, -0.25) is 9.59 Å². The van der Waals surface area contributed by atoms with Gasteiger partial charge in [0, 0.05) is 28.2 Å². The molecular formula is C18H17Cl3N2O2. The van der Waals surface area contributed by atoms with Gasteiger partial charge in [-0.1, -0.05) is 53.0 Å². The Labute approximate surface area is 161 Å². The smallest absolute Gasteiger partial charge is 0.229 e. The molecule has 2 aromatic rings. The van der Waals surface area contributed by atoms with Crippen molar-refractivity contribution in [2.75, 3.05) is 6.54 Å². The van der Waals surface area contributed by atoms with Crippen LogP contribution in [0.1, 0.15) is 17.5 Å². The van der Waals surface area contributed by atoms with E-state index in [1.807, 2.05) is 18.2 Å². The van der Waals surface area contributed by atoms with Crippen molar-refractivity contribution in [1.29, 1.82) is 0 Å². The lowest BCUT2D eigenvalue weighted by molar-refractivity contribution is -0.129. The number of rotatable bonds is 7. The molecule has 0 fully saturated rings. The van der Waals surface area contributed by atoms with Crippen LogP contribution in [0.5, 0.6) is 0 Å². The van der Waals surface area contributed by atoms with Crippen LogP contribution in [0.3, 0.4) is 0 Å². The van der Waals surface area contributed by atoms with E-state index in [0.29, 0.717) is 34.6 Å². The topological polar surface area (TPSA) is 58.2 Å². The largest absolute Gasteiger partial charge is 0.355 e. The van der Waals surface area contributed by atoms with Crippen molar-refractivity contribution in [3.05, 3.63) is 68.7 Å². The molecule has 0 aliphatic carbocycles. The standard InChI is InChI=1S/C18H17Cl3N2O2/c19-14-4-1-12(2-5-14)11-23-18(25)10-17(24)22-8-7-13-3-6-15(20)9-16(13)21/h1-6,9H,7-8,10-11H2,(H,22,24)(H,23,25). The summed E-state index contributed by atoms with van der Waals surface area (Å²) in [6, 6.07) is 12.3. The SMILES string of the molecule is O=C(CC(=O)NCc1ccc(Cl)cc1)NCCc1ccc(Cl)cc1Cl. The molecule has 2 N–H and O–H groups in total. The number of amides is 2. The van der Waals surface area contributed by atoms with E-state index in [9.17, 15) is 9.59 Å². The van der Waals surface area contributed by atoms with Gasteiger partial charge in [0.15, 0.2) is 0 Å². The number of nitrogens with one attached hydrogen (secondary N) is 2. The van der Waals surface area contributed by atoms with Crippen molar-refractivity contribution in [2.24, 2.45) is 0 Å². The van der Waals surface area contributed by atoms with Gasteiger partial charge in [0.25, 0.3) is 0 Å². The molecule has 0 aliphatic heterocycles. The first-order valence-corrected chi connectivity index (χ1v) is 8.79. The van der Waals surface area contributed by atoms with Gasteiger partial charge >= 0.3 is 0 Å². The Morgan fingerprint density at radius 3 is 2.16 bits per heavy atom. The number of halogens is 3. The zero-order valence-corrected chi connectivity index (χ0v) is 15.6. The number of benzene rings is 2. The highest BCUT2D eigenvalue weighted by molar-refractivity contribution is 6.35. The molecule has 0 unspecified atom stereocenters. The normalized spacial score (nSPS) is 10.4. The molecule has 0 aromatic heterocycles. The zero-order chi connectivity index (χ0) is 18.2. The lowest BCUT2D eigenvalue weighted by Gasteiger charge is -2.08. The zero-order valence-electron chi connectivity index (χ0n) is 13.3. The van der Waals surface area contributed by atoms with Gasteiger partial charge in [-0.2, -0.15) is 0 Å². The molecule has 0 spiro atoms. The number of carbonyl (C=O) groups excluding carboxylic acids is 2. The minimum atomic E-state index is -0.336. The van der Waals surface area contributed by atoms with Gasteiger partial charge in [0.2, 0.25) is 11.8 Å². The van der Waals surface area contributed by atoms with Gasteiger partial charge in [-0.25, -0.2) is 0 Å². The van der Waals surface area contributed by atoms with Crippen LogP contribution in [0.15, 0.2) is 42.5 Å². The molecule has 2 amide bonds. The lowest BCUT2D eigenvalue weighted by atomic mass is 10.1. The van der Waals surface area contributed by atoms with Gasteiger partial charge < -0.3 is 10.6 Å². The van der Waals surface area contributed by atoms with Crippen LogP contribution >= 0.6 is 34.8 Å². The van der Waals surface area contributed by atoms with E-state index in [0.717, 1.165) is 11.1 Å². The molecule has 0 saturated heterocycles. The predicted molar refractivity (Wildman–Crippen MR) is 101 cm³/mol.